The average Bonchev–Trinajstić information content (AvgIpc) is 3.24. The molecule has 0 radical (unpaired) electrons. The minimum Gasteiger partial charge on any atom is -0.485 e. The number of nitrogens with one attached hydrogen (secondary N) is 1. The maximum atomic E-state index is 12.3. The average molecular weight is 530 g/mol. The topological polar surface area (TPSA) is 88.8 Å². The Bertz CT molecular complexity index is 1220. The van der Waals surface area contributed by atoms with Gasteiger partial charge < -0.3 is 19.6 Å². The highest BCUT2D eigenvalue weighted by Crippen LogP contribution is 2.42. The Hall–Kier alpha value is -2.96. The highest BCUT2D eigenvalue weighted by molar-refractivity contribution is 6.36. The van der Waals surface area contributed by atoms with Gasteiger partial charge >= 0.3 is 5.97 Å². The summed E-state index contributed by atoms with van der Waals surface area (Å²) in [7, 11) is 0. The highest BCUT2D eigenvalue weighted by Gasteiger charge is 2.30. The first-order valence-corrected chi connectivity index (χ1v) is 12.9. The molecule has 4 rings (SSSR count). The Balaban J connectivity index is 1.56. The number of halogens is 2. The molecule has 8 heteroatoms. The first kappa shape index (κ1) is 26.1. The van der Waals surface area contributed by atoms with Crippen LogP contribution < -0.4 is 10.1 Å². The van der Waals surface area contributed by atoms with E-state index in [9.17, 15) is 9.59 Å². The van der Waals surface area contributed by atoms with Gasteiger partial charge in [-0.3, -0.25) is 9.59 Å². The molecular formula is C28H29Cl2NO5. The lowest BCUT2D eigenvalue weighted by Gasteiger charge is -2.30. The number of carboxylic acid groups (broad SMARTS) is 1. The number of hydrogen-bond acceptors (Lipinski definition) is 4. The lowest BCUT2D eigenvalue weighted by atomic mass is 9.82. The molecule has 1 amide bonds. The summed E-state index contributed by atoms with van der Waals surface area (Å²) >= 11 is 12.5. The van der Waals surface area contributed by atoms with Crippen molar-refractivity contribution in [2.45, 2.75) is 51.6 Å². The van der Waals surface area contributed by atoms with Gasteiger partial charge in [0.1, 0.15) is 23.4 Å². The number of hydrogen-bond donors (Lipinski definition) is 2. The second-order valence-electron chi connectivity index (χ2n) is 9.11. The second-order valence-corrected chi connectivity index (χ2v) is 9.95. The van der Waals surface area contributed by atoms with Crippen molar-refractivity contribution in [1.29, 1.82) is 0 Å². The lowest BCUT2D eigenvalue weighted by Crippen LogP contribution is -2.26. The standard InChI is InChI=1S/C28H29Cl2NO5/c1-17-23(16-25(35-17)22-12-9-20(29)15-24(22)30)27(18-5-3-2-4-6-18)36-21-10-7-19(8-11-21)28(34)31-14-13-26(32)33/h7-12,15-16,18,27H,2-6,13-14H2,1H3,(H,31,34)(H,32,33). The van der Waals surface area contributed by atoms with Crippen LogP contribution in [-0.2, 0) is 4.79 Å². The molecule has 0 saturated heterocycles. The van der Waals surface area contributed by atoms with E-state index in [1.54, 1.807) is 36.4 Å². The maximum absolute atomic E-state index is 12.3. The van der Waals surface area contributed by atoms with Crippen LogP contribution in [0, 0.1) is 12.8 Å². The zero-order chi connectivity index (χ0) is 25.7. The van der Waals surface area contributed by atoms with E-state index in [1.807, 2.05) is 19.1 Å². The van der Waals surface area contributed by atoms with Gasteiger partial charge in [0.15, 0.2) is 0 Å². The van der Waals surface area contributed by atoms with Gasteiger partial charge in [-0.05, 0) is 68.3 Å². The van der Waals surface area contributed by atoms with E-state index in [0.29, 0.717) is 33.0 Å². The maximum Gasteiger partial charge on any atom is 0.305 e. The zero-order valence-electron chi connectivity index (χ0n) is 20.1. The highest BCUT2D eigenvalue weighted by atomic mass is 35.5. The van der Waals surface area contributed by atoms with E-state index in [1.165, 1.54) is 6.42 Å². The number of furan rings is 1. The smallest absolute Gasteiger partial charge is 0.305 e. The Morgan fingerprint density at radius 1 is 1.08 bits per heavy atom. The van der Waals surface area contributed by atoms with E-state index < -0.39 is 5.97 Å². The van der Waals surface area contributed by atoms with Gasteiger partial charge in [-0.25, -0.2) is 0 Å². The van der Waals surface area contributed by atoms with Gasteiger partial charge in [-0.15, -0.1) is 0 Å². The molecule has 0 spiro atoms. The first-order valence-electron chi connectivity index (χ1n) is 12.1. The van der Waals surface area contributed by atoms with Crippen molar-refractivity contribution in [1.82, 2.24) is 5.32 Å². The molecule has 0 aliphatic heterocycles. The lowest BCUT2D eigenvalue weighted by molar-refractivity contribution is -0.136. The van der Waals surface area contributed by atoms with Crippen LogP contribution in [0.3, 0.4) is 0 Å². The summed E-state index contributed by atoms with van der Waals surface area (Å²) in [5, 5.41) is 12.4. The van der Waals surface area contributed by atoms with Gasteiger partial charge in [0.2, 0.25) is 0 Å². The number of carbonyl (C=O) groups excluding carboxylic acids is 1. The fourth-order valence-corrected chi connectivity index (χ4v) is 5.17. The van der Waals surface area contributed by atoms with Crippen LogP contribution in [-0.4, -0.2) is 23.5 Å². The van der Waals surface area contributed by atoms with Crippen molar-refractivity contribution in [3.63, 3.8) is 0 Å². The van der Waals surface area contributed by atoms with Gasteiger partial charge in [0.05, 0.1) is 11.4 Å². The second kappa shape index (κ2) is 11.8. The molecular weight excluding hydrogens is 501 g/mol. The third-order valence-corrected chi connectivity index (χ3v) is 7.09. The Morgan fingerprint density at radius 3 is 2.47 bits per heavy atom. The fourth-order valence-electron chi connectivity index (χ4n) is 4.67. The van der Waals surface area contributed by atoms with Crippen molar-refractivity contribution in [3.8, 4) is 17.1 Å². The number of aliphatic carboxylic acids is 1. The van der Waals surface area contributed by atoms with Crippen LogP contribution in [0.15, 0.2) is 52.9 Å². The van der Waals surface area contributed by atoms with Crippen LogP contribution in [0.2, 0.25) is 10.0 Å². The van der Waals surface area contributed by atoms with E-state index in [2.05, 4.69) is 5.32 Å². The minimum absolute atomic E-state index is 0.0793. The van der Waals surface area contributed by atoms with Crippen molar-refractivity contribution >= 4 is 35.1 Å². The SMILES string of the molecule is Cc1oc(-c2ccc(Cl)cc2Cl)cc1C(Oc1ccc(C(=O)NCCC(=O)O)cc1)C1CCCCC1. The third-order valence-electron chi connectivity index (χ3n) is 6.54. The molecule has 1 fully saturated rings. The molecule has 1 heterocycles. The largest absolute Gasteiger partial charge is 0.485 e. The van der Waals surface area contributed by atoms with Gasteiger partial charge in [-0.2, -0.15) is 0 Å². The molecule has 1 aliphatic carbocycles. The Kier molecular flexibility index (Phi) is 8.60. The first-order chi connectivity index (χ1) is 17.3. The summed E-state index contributed by atoms with van der Waals surface area (Å²) < 4.78 is 12.7. The molecule has 2 aromatic carbocycles. The van der Waals surface area contributed by atoms with Crippen LogP contribution >= 0.6 is 23.2 Å². The van der Waals surface area contributed by atoms with E-state index in [0.717, 1.165) is 42.6 Å². The molecule has 6 nitrogen and oxygen atoms in total. The number of ether oxygens (including phenoxy) is 1. The molecule has 36 heavy (non-hydrogen) atoms. The Morgan fingerprint density at radius 2 is 1.81 bits per heavy atom. The third kappa shape index (κ3) is 6.42. The summed E-state index contributed by atoms with van der Waals surface area (Å²) in [6.45, 7) is 2.02. The monoisotopic (exact) mass is 529 g/mol. The summed E-state index contributed by atoms with van der Waals surface area (Å²) in [6, 6.07) is 14.3. The van der Waals surface area contributed by atoms with Crippen LogP contribution in [0.25, 0.3) is 11.3 Å². The van der Waals surface area contributed by atoms with Crippen molar-refractivity contribution < 1.29 is 23.8 Å². The Labute approximate surface area is 220 Å². The summed E-state index contributed by atoms with van der Waals surface area (Å²) in [6.07, 6.45) is 5.35. The molecule has 1 unspecified atom stereocenters. The summed E-state index contributed by atoms with van der Waals surface area (Å²) in [5.74, 6) is 1.16. The van der Waals surface area contributed by atoms with Crippen LogP contribution in [0.5, 0.6) is 5.75 Å². The van der Waals surface area contributed by atoms with E-state index in [-0.39, 0.29) is 25.0 Å². The number of aryl methyl sites for hydroxylation is 1. The molecule has 0 bridgehead atoms. The summed E-state index contributed by atoms with van der Waals surface area (Å²) in [4.78, 5) is 22.9. The number of amides is 1. The normalized spacial score (nSPS) is 14.9. The predicted molar refractivity (Wildman–Crippen MR) is 140 cm³/mol. The molecule has 2 N–H and O–H groups in total. The minimum atomic E-state index is -0.955. The number of carbonyl (C=O) groups is 2. The number of rotatable bonds is 9. The molecule has 190 valence electrons. The van der Waals surface area contributed by atoms with E-state index in [4.69, 9.17) is 37.5 Å². The van der Waals surface area contributed by atoms with Gasteiger partial charge in [0.25, 0.3) is 5.91 Å². The molecule has 1 aliphatic rings. The van der Waals surface area contributed by atoms with Crippen LogP contribution in [0.4, 0.5) is 0 Å². The predicted octanol–water partition coefficient (Wildman–Crippen LogP) is 7.47. The zero-order valence-corrected chi connectivity index (χ0v) is 21.6. The van der Waals surface area contributed by atoms with Crippen molar-refractivity contribution in [2.75, 3.05) is 6.54 Å². The van der Waals surface area contributed by atoms with Gasteiger partial charge in [-0.1, -0.05) is 42.5 Å². The van der Waals surface area contributed by atoms with Crippen molar-refractivity contribution in [2.24, 2.45) is 5.92 Å². The molecule has 1 atom stereocenters. The summed E-state index contributed by atoms with van der Waals surface area (Å²) in [5.41, 5.74) is 2.20. The van der Waals surface area contributed by atoms with Crippen molar-refractivity contribution in [3.05, 3.63) is 75.5 Å². The number of benzene rings is 2. The quantitative estimate of drug-likeness (QED) is 0.300. The fraction of sp³-hybridized carbons (Fsp3) is 0.357. The molecule has 1 saturated carbocycles. The number of carboxylic acids is 1. The van der Waals surface area contributed by atoms with Crippen LogP contribution in [0.1, 0.15) is 66.3 Å². The molecule has 3 aromatic rings. The van der Waals surface area contributed by atoms with E-state index >= 15 is 0 Å². The van der Waals surface area contributed by atoms with Gasteiger partial charge in [0, 0.05) is 34.2 Å². The molecule has 1 aromatic heterocycles.